The largest absolute Gasteiger partial charge is 0.456 e. The van der Waals surface area contributed by atoms with E-state index >= 15 is 0 Å². The summed E-state index contributed by atoms with van der Waals surface area (Å²) in [4.78, 5) is 28.5. The number of thiazole rings is 1. The highest BCUT2D eigenvalue weighted by Gasteiger charge is 2.17. The number of nitro groups is 1. The van der Waals surface area contributed by atoms with Gasteiger partial charge in [-0.3, -0.25) is 14.9 Å². The number of aryl methyl sites for hydroxylation is 1. The summed E-state index contributed by atoms with van der Waals surface area (Å²) < 4.78 is 7.45. The Balaban J connectivity index is 1.53. The van der Waals surface area contributed by atoms with Crippen molar-refractivity contribution in [3.8, 4) is 22.7 Å². The number of para-hydroxylation sites is 1. The molecule has 0 spiro atoms. The topological polar surface area (TPSA) is 104 Å². The van der Waals surface area contributed by atoms with Crippen molar-refractivity contribution in [1.29, 1.82) is 0 Å². The van der Waals surface area contributed by atoms with Crippen LogP contribution in [0.25, 0.3) is 33.7 Å². The Hall–Kier alpha value is -4.11. The molecule has 5 rings (SSSR count). The normalized spacial score (nSPS) is 12.0. The zero-order chi connectivity index (χ0) is 21.5. The van der Waals surface area contributed by atoms with Gasteiger partial charge in [0.05, 0.1) is 10.5 Å². The summed E-state index contributed by atoms with van der Waals surface area (Å²) in [6, 6.07) is 17.4. The van der Waals surface area contributed by atoms with Crippen LogP contribution in [0.3, 0.4) is 0 Å². The number of hydrogen-bond acceptors (Lipinski definition) is 7. The molecule has 0 bridgehead atoms. The van der Waals surface area contributed by atoms with Crippen molar-refractivity contribution in [1.82, 2.24) is 14.6 Å². The second kappa shape index (κ2) is 7.29. The van der Waals surface area contributed by atoms with Crippen LogP contribution in [0.15, 0.2) is 69.9 Å². The van der Waals surface area contributed by atoms with Crippen molar-refractivity contribution < 1.29 is 9.34 Å². The lowest BCUT2D eigenvalue weighted by atomic mass is 10.1. The molecule has 3 heterocycles. The van der Waals surface area contributed by atoms with E-state index in [2.05, 4.69) is 10.1 Å². The fourth-order valence-corrected chi connectivity index (χ4v) is 4.17. The second-order valence-electron chi connectivity index (χ2n) is 6.89. The minimum atomic E-state index is -0.456. The van der Waals surface area contributed by atoms with E-state index in [4.69, 9.17) is 4.42 Å². The lowest BCUT2D eigenvalue weighted by molar-refractivity contribution is -0.384. The molecule has 9 heteroatoms. The molecule has 0 radical (unpaired) electrons. The second-order valence-corrected chi connectivity index (χ2v) is 7.90. The van der Waals surface area contributed by atoms with Crippen LogP contribution in [0.1, 0.15) is 11.3 Å². The van der Waals surface area contributed by atoms with Crippen molar-refractivity contribution >= 4 is 28.1 Å². The molecule has 0 saturated carbocycles. The van der Waals surface area contributed by atoms with Gasteiger partial charge in [0.25, 0.3) is 11.2 Å². The Labute approximate surface area is 178 Å². The maximum atomic E-state index is 12.8. The molecule has 0 saturated heterocycles. The van der Waals surface area contributed by atoms with E-state index in [1.54, 1.807) is 36.4 Å². The third kappa shape index (κ3) is 3.40. The first-order valence-corrected chi connectivity index (χ1v) is 10.1. The molecule has 0 atom stereocenters. The maximum Gasteiger partial charge on any atom is 0.291 e. The van der Waals surface area contributed by atoms with E-state index in [1.807, 2.05) is 31.2 Å². The molecule has 0 aliphatic rings. The number of hydrogen-bond donors (Lipinski definition) is 0. The summed E-state index contributed by atoms with van der Waals surface area (Å²) in [7, 11) is 0. The number of benzene rings is 2. The highest BCUT2D eigenvalue weighted by Crippen LogP contribution is 2.31. The zero-order valence-electron chi connectivity index (χ0n) is 16.2. The van der Waals surface area contributed by atoms with Gasteiger partial charge in [-0.1, -0.05) is 47.2 Å². The van der Waals surface area contributed by atoms with Gasteiger partial charge in [-0.05, 0) is 31.2 Å². The van der Waals surface area contributed by atoms with Gasteiger partial charge in [0.1, 0.15) is 16.1 Å². The number of rotatable bonds is 4. The monoisotopic (exact) mass is 430 g/mol. The molecular weight excluding hydrogens is 416 g/mol. The molecule has 0 amide bonds. The molecule has 0 aliphatic carbocycles. The summed E-state index contributed by atoms with van der Waals surface area (Å²) in [6.07, 6.45) is 1.59. The predicted octanol–water partition coefficient (Wildman–Crippen LogP) is 3.84. The van der Waals surface area contributed by atoms with Gasteiger partial charge in [-0.15, -0.1) is 5.10 Å². The molecular formula is C22H14N4O4S. The SMILES string of the molecule is Cc1cccc(-c2nc3s/c(=C\c4ccc(-c5ccccc5[N+](=O)[O-])o4)c(=O)n3n2)c1. The van der Waals surface area contributed by atoms with Gasteiger partial charge in [0.15, 0.2) is 5.82 Å². The molecule has 152 valence electrons. The fourth-order valence-electron chi connectivity index (χ4n) is 3.29. The van der Waals surface area contributed by atoms with E-state index in [-0.39, 0.29) is 11.2 Å². The molecule has 0 fully saturated rings. The van der Waals surface area contributed by atoms with E-state index in [9.17, 15) is 14.9 Å². The van der Waals surface area contributed by atoms with Crippen LogP contribution in [0.4, 0.5) is 5.69 Å². The van der Waals surface area contributed by atoms with Gasteiger partial charge in [0, 0.05) is 17.7 Å². The van der Waals surface area contributed by atoms with Gasteiger partial charge < -0.3 is 4.42 Å². The Morgan fingerprint density at radius 2 is 1.97 bits per heavy atom. The summed E-state index contributed by atoms with van der Waals surface area (Å²) in [5, 5.41) is 15.6. The van der Waals surface area contributed by atoms with Gasteiger partial charge >= 0.3 is 0 Å². The molecule has 0 unspecified atom stereocenters. The predicted molar refractivity (Wildman–Crippen MR) is 117 cm³/mol. The Morgan fingerprint density at radius 1 is 1.13 bits per heavy atom. The number of nitrogens with zero attached hydrogens (tertiary/aromatic N) is 4. The Morgan fingerprint density at radius 3 is 2.74 bits per heavy atom. The van der Waals surface area contributed by atoms with Gasteiger partial charge in [-0.2, -0.15) is 9.50 Å². The number of furan rings is 1. The molecule has 2 aromatic carbocycles. The molecule has 0 aliphatic heterocycles. The number of fused-ring (bicyclic) bond motifs is 1. The van der Waals surface area contributed by atoms with Crippen LogP contribution in [0.2, 0.25) is 0 Å². The standard InChI is InChI=1S/C22H14N4O4S/c1-13-5-4-6-14(11-13)20-23-22-25(24-20)21(27)19(31-22)12-15-9-10-18(30-15)16-7-2-3-8-17(16)26(28)29/h2-12H,1H3/b19-12-. The van der Waals surface area contributed by atoms with Crippen LogP contribution in [-0.4, -0.2) is 19.5 Å². The average molecular weight is 430 g/mol. The smallest absolute Gasteiger partial charge is 0.291 e. The van der Waals surface area contributed by atoms with E-state index in [0.717, 1.165) is 11.1 Å². The number of aromatic nitrogens is 3. The van der Waals surface area contributed by atoms with Crippen LogP contribution >= 0.6 is 11.3 Å². The van der Waals surface area contributed by atoms with Crippen LogP contribution < -0.4 is 10.1 Å². The first-order chi connectivity index (χ1) is 15.0. The third-order valence-electron chi connectivity index (χ3n) is 4.72. The quantitative estimate of drug-likeness (QED) is 0.317. The highest BCUT2D eigenvalue weighted by atomic mass is 32.1. The van der Waals surface area contributed by atoms with E-state index < -0.39 is 4.92 Å². The number of nitro benzene ring substituents is 1. The van der Waals surface area contributed by atoms with Crippen LogP contribution in [0.5, 0.6) is 0 Å². The van der Waals surface area contributed by atoms with Crippen molar-refractivity contribution in [2.24, 2.45) is 0 Å². The van der Waals surface area contributed by atoms with E-state index in [1.165, 1.54) is 21.9 Å². The summed E-state index contributed by atoms with van der Waals surface area (Å²) in [5.41, 5.74) is 1.96. The molecule has 31 heavy (non-hydrogen) atoms. The molecule has 5 aromatic rings. The molecule has 3 aromatic heterocycles. The first-order valence-electron chi connectivity index (χ1n) is 9.31. The summed E-state index contributed by atoms with van der Waals surface area (Å²) in [5.74, 6) is 1.26. The van der Waals surface area contributed by atoms with Gasteiger partial charge in [-0.25, -0.2) is 0 Å². The minimum Gasteiger partial charge on any atom is -0.456 e. The van der Waals surface area contributed by atoms with Crippen LogP contribution in [0, 0.1) is 17.0 Å². The lowest BCUT2D eigenvalue weighted by Gasteiger charge is -1.98. The lowest BCUT2D eigenvalue weighted by Crippen LogP contribution is -2.23. The van der Waals surface area contributed by atoms with Crippen molar-refractivity contribution in [3.63, 3.8) is 0 Å². The fraction of sp³-hybridized carbons (Fsp3) is 0.0455. The highest BCUT2D eigenvalue weighted by molar-refractivity contribution is 7.15. The van der Waals surface area contributed by atoms with E-state index in [0.29, 0.717) is 32.4 Å². The van der Waals surface area contributed by atoms with Crippen molar-refractivity contribution in [3.05, 3.63) is 97.0 Å². The first kappa shape index (κ1) is 18.9. The van der Waals surface area contributed by atoms with Gasteiger partial charge in [0.2, 0.25) is 4.96 Å². The minimum absolute atomic E-state index is 0.0459. The van der Waals surface area contributed by atoms with Crippen molar-refractivity contribution in [2.45, 2.75) is 6.92 Å². The van der Waals surface area contributed by atoms with Crippen molar-refractivity contribution in [2.75, 3.05) is 0 Å². The Kier molecular flexibility index (Phi) is 4.45. The molecule has 0 N–H and O–H groups in total. The van der Waals surface area contributed by atoms with Crippen LogP contribution in [-0.2, 0) is 0 Å². The molecule has 8 nitrogen and oxygen atoms in total. The Bertz CT molecular complexity index is 1560. The summed E-state index contributed by atoms with van der Waals surface area (Å²) >= 11 is 1.20. The summed E-state index contributed by atoms with van der Waals surface area (Å²) in [6.45, 7) is 1.98. The zero-order valence-corrected chi connectivity index (χ0v) is 17.0. The maximum absolute atomic E-state index is 12.8. The average Bonchev–Trinajstić information content (AvgIpc) is 3.46. The third-order valence-corrected chi connectivity index (χ3v) is 5.68.